The number of carbonyl (C=O) groups is 1. The van der Waals surface area contributed by atoms with Gasteiger partial charge in [0.2, 0.25) is 0 Å². The second-order valence-corrected chi connectivity index (χ2v) is 7.24. The summed E-state index contributed by atoms with van der Waals surface area (Å²) in [6.45, 7) is 12.8. The summed E-state index contributed by atoms with van der Waals surface area (Å²) in [5.41, 5.74) is -0.317. The van der Waals surface area contributed by atoms with Crippen LogP contribution >= 0.6 is 0 Å². The number of hydrogen-bond donors (Lipinski definition) is 2. The van der Waals surface area contributed by atoms with Gasteiger partial charge in [-0.3, -0.25) is 0 Å². The molecule has 4 nitrogen and oxygen atoms in total. The SMILES string of the molecule is CC(C)(C)OC(=O)NCC(NC1CC1)C(C)(C)C. The van der Waals surface area contributed by atoms with Crippen molar-refractivity contribution in [2.45, 2.75) is 72.1 Å². The van der Waals surface area contributed by atoms with E-state index in [2.05, 4.69) is 31.4 Å². The molecule has 1 unspecified atom stereocenters. The number of ether oxygens (including phenoxy) is 1. The Balaban J connectivity index is 2.39. The Kier molecular flexibility index (Phi) is 4.65. The molecule has 2 N–H and O–H groups in total. The molecule has 1 atom stereocenters. The van der Waals surface area contributed by atoms with E-state index in [1.807, 2.05) is 20.8 Å². The molecule has 0 saturated heterocycles. The Hall–Kier alpha value is -0.770. The highest BCUT2D eigenvalue weighted by Gasteiger charge is 2.31. The lowest BCUT2D eigenvalue weighted by Crippen LogP contribution is -2.50. The molecule has 0 aromatic carbocycles. The van der Waals surface area contributed by atoms with E-state index in [1.54, 1.807) is 0 Å². The molecule has 1 aliphatic rings. The summed E-state index contributed by atoms with van der Waals surface area (Å²) >= 11 is 0. The maximum absolute atomic E-state index is 11.6. The van der Waals surface area contributed by atoms with E-state index >= 15 is 0 Å². The summed E-state index contributed by atoms with van der Waals surface area (Å²) in [7, 11) is 0. The molecule has 0 aromatic rings. The Morgan fingerprint density at radius 3 is 2.17 bits per heavy atom. The molecule has 1 amide bonds. The quantitative estimate of drug-likeness (QED) is 0.813. The predicted molar refractivity (Wildman–Crippen MR) is 73.6 cm³/mol. The van der Waals surface area contributed by atoms with Crippen LogP contribution in [0.1, 0.15) is 54.4 Å². The largest absolute Gasteiger partial charge is 0.444 e. The third-order valence-corrected chi connectivity index (χ3v) is 2.91. The molecule has 0 radical (unpaired) electrons. The van der Waals surface area contributed by atoms with Gasteiger partial charge in [-0.2, -0.15) is 0 Å². The Morgan fingerprint density at radius 1 is 1.22 bits per heavy atom. The number of carbonyl (C=O) groups excluding carboxylic acids is 1. The lowest BCUT2D eigenvalue weighted by Gasteiger charge is -2.32. The van der Waals surface area contributed by atoms with Gasteiger partial charge in [0, 0.05) is 18.6 Å². The Morgan fingerprint density at radius 2 is 1.78 bits per heavy atom. The number of rotatable bonds is 4. The smallest absolute Gasteiger partial charge is 0.407 e. The minimum Gasteiger partial charge on any atom is -0.444 e. The molecule has 18 heavy (non-hydrogen) atoms. The van der Waals surface area contributed by atoms with Crippen LogP contribution in [0.5, 0.6) is 0 Å². The second-order valence-electron chi connectivity index (χ2n) is 7.24. The average molecular weight is 256 g/mol. The van der Waals surface area contributed by atoms with Crippen molar-refractivity contribution in [3.63, 3.8) is 0 Å². The fourth-order valence-electron chi connectivity index (χ4n) is 1.65. The van der Waals surface area contributed by atoms with Crippen LogP contribution in [0.15, 0.2) is 0 Å². The van der Waals surface area contributed by atoms with Gasteiger partial charge < -0.3 is 15.4 Å². The summed E-state index contributed by atoms with van der Waals surface area (Å²) in [6.07, 6.45) is 2.16. The van der Waals surface area contributed by atoms with Gasteiger partial charge in [0.15, 0.2) is 0 Å². The summed E-state index contributed by atoms with van der Waals surface area (Å²) in [4.78, 5) is 11.6. The van der Waals surface area contributed by atoms with E-state index in [0.717, 1.165) is 0 Å². The van der Waals surface area contributed by atoms with E-state index in [4.69, 9.17) is 4.74 Å². The molecule has 0 spiro atoms. The van der Waals surface area contributed by atoms with Gasteiger partial charge >= 0.3 is 6.09 Å². The summed E-state index contributed by atoms with van der Waals surface area (Å²) in [5, 5.41) is 6.43. The van der Waals surface area contributed by atoms with Crippen LogP contribution in [0, 0.1) is 5.41 Å². The third kappa shape index (κ3) is 6.24. The third-order valence-electron chi connectivity index (χ3n) is 2.91. The highest BCUT2D eigenvalue weighted by Crippen LogP contribution is 2.25. The van der Waals surface area contributed by atoms with Gasteiger partial charge in [0.05, 0.1) is 0 Å². The molecule has 0 heterocycles. The van der Waals surface area contributed by atoms with E-state index in [0.29, 0.717) is 12.6 Å². The minimum absolute atomic E-state index is 0.123. The van der Waals surface area contributed by atoms with Gasteiger partial charge in [-0.25, -0.2) is 4.79 Å². The van der Waals surface area contributed by atoms with Gasteiger partial charge in [0.1, 0.15) is 5.60 Å². The highest BCUT2D eigenvalue weighted by atomic mass is 16.6. The lowest BCUT2D eigenvalue weighted by molar-refractivity contribution is 0.0513. The van der Waals surface area contributed by atoms with Crippen molar-refractivity contribution in [2.75, 3.05) is 6.54 Å². The zero-order valence-electron chi connectivity index (χ0n) is 12.6. The molecule has 1 saturated carbocycles. The lowest BCUT2D eigenvalue weighted by atomic mass is 9.86. The minimum atomic E-state index is -0.439. The predicted octanol–water partition coefficient (Wildman–Crippen LogP) is 2.68. The maximum Gasteiger partial charge on any atom is 0.407 e. The molecule has 4 heteroatoms. The van der Waals surface area contributed by atoms with Crippen LogP contribution in [0.25, 0.3) is 0 Å². The first-order valence-corrected chi connectivity index (χ1v) is 6.81. The van der Waals surface area contributed by atoms with Crippen LogP contribution in [-0.2, 0) is 4.74 Å². The Bertz CT molecular complexity index is 285. The molecule has 0 bridgehead atoms. The zero-order chi connectivity index (χ0) is 14.0. The molecule has 1 aliphatic carbocycles. The average Bonchev–Trinajstić information content (AvgIpc) is 2.90. The highest BCUT2D eigenvalue weighted by molar-refractivity contribution is 5.67. The fourth-order valence-corrected chi connectivity index (χ4v) is 1.65. The van der Waals surface area contributed by atoms with Crippen molar-refractivity contribution in [1.82, 2.24) is 10.6 Å². The zero-order valence-corrected chi connectivity index (χ0v) is 12.6. The standard InChI is InChI=1S/C14H28N2O2/c1-13(2,3)11(16-10-7-8-10)9-15-12(17)18-14(4,5)6/h10-11,16H,7-9H2,1-6H3,(H,15,17). The molecule has 0 aliphatic heterocycles. The van der Waals surface area contributed by atoms with Crippen LogP contribution in [-0.4, -0.2) is 30.3 Å². The normalized spacial score (nSPS) is 18.3. The topological polar surface area (TPSA) is 50.4 Å². The van der Waals surface area contributed by atoms with Gasteiger partial charge in [0.25, 0.3) is 0 Å². The van der Waals surface area contributed by atoms with E-state index in [9.17, 15) is 4.79 Å². The summed E-state index contributed by atoms with van der Waals surface area (Å²) in [6, 6.07) is 0.909. The van der Waals surface area contributed by atoms with E-state index < -0.39 is 5.60 Å². The molecule has 1 rings (SSSR count). The van der Waals surface area contributed by atoms with Crippen LogP contribution in [0.2, 0.25) is 0 Å². The van der Waals surface area contributed by atoms with Crippen LogP contribution < -0.4 is 10.6 Å². The van der Waals surface area contributed by atoms with E-state index in [-0.39, 0.29) is 17.6 Å². The number of alkyl carbamates (subject to hydrolysis) is 1. The van der Waals surface area contributed by atoms with Crippen LogP contribution in [0.3, 0.4) is 0 Å². The number of hydrogen-bond acceptors (Lipinski definition) is 3. The van der Waals surface area contributed by atoms with Crippen molar-refractivity contribution in [3.05, 3.63) is 0 Å². The van der Waals surface area contributed by atoms with Gasteiger partial charge in [-0.1, -0.05) is 20.8 Å². The first-order valence-electron chi connectivity index (χ1n) is 6.81. The maximum atomic E-state index is 11.6. The van der Waals surface area contributed by atoms with Crippen LogP contribution in [0.4, 0.5) is 4.79 Å². The molecular weight excluding hydrogens is 228 g/mol. The Labute approximate surface area is 111 Å². The molecule has 1 fully saturated rings. The molecular formula is C14H28N2O2. The summed E-state index contributed by atoms with van der Waals surface area (Å²) < 4.78 is 5.24. The first-order chi connectivity index (χ1) is 8.08. The van der Waals surface area contributed by atoms with Crippen molar-refractivity contribution in [1.29, 1.82) is 0 Å². The fraction of sp³-hybridized carbons (Fsp3) is 0.929. The molecule has 0 aromatic heterocycles. The number of nitrogens with one attached hydrogen (secondary N) is 2. The van der Waals surface area contributed by atoms with Gasteiger partial charge in [-0.05, 0) is 39.0 Å². The first kappa shape index (κ1) is 15.3. The van der Waals surface area contributed by atoms with Crippen molar-refractivity contribution >= 4 is 6.09 Å². The monoisotopic (exact) mass is 256 g/mol. The summed E-state index contributed by atoms with van der Waals surface area (Å²) in [5.74, 6) is 0. The van der Waals surface area contributed by atoms with Crippen molar-refractivity contribution in [3.8, 4) is 0 Å². The molecule has 106 valence electrons. The van der Waals surface area contributed by atoms with E-state index in [1.165, 1.54) is 12.8 Å². The second kappa shape index (κ2) is 5.47. The number of amides is 1. The van der Waals surface area contributed by atoms with Gasteiger partial charge in [-0.15, -0.1) is 0 Å². The van der Waals surface area contributed by atoms with Crippen molar-refractivity contribution in [2.24, 2.45) is 5.41 Å². The van der Waals surface area contributed by atoms with Crippen molar-refractivity contribution < 1.29 is 9.53 Å².